The summed E-state index contributed by atoms with van der Waals surface area (Å²) in [6.07, 6.45) is 0. The number of rotatable bonds is 6. The number of nitrogens with zero attached hydrogens (tertiary/aromatic N) is 1. The van der Waals surface area contributed by atoms with Crippen LogP contribution in [0.4, 0.5) is 21.9 Å². The highest BCUT2D eigenvalue weighted by Gasteiger charge is 2.17. The summed E-state index contributed by atoms with van der Waals surface area (Å²) in [5.41, 5.74) is 3.07. The first-order valence-electron chi connectivity index (χ1n) is 9.95. The topological polar surface area (TPSA) is 73.5 Å². The molecule has 0 aromatic heterocycles. The normalized spacial score (nSPS) is 11.4. The molecule has 3 aromatic rings. The fraction of sp³-hybridized carbons (Fsp3) is 0.167. The quantitative estimate of drug-likeness (QED) is 0.401. The molecule has 0 aliphatic heterocycles. The van der Waals surface area contributed by atoms with Crippen molar-refractivity contribution >= 4 is 52.2 Å². The van der Waals surface area contributed by atoms with E-state index in [1.807, 2.05) is 56.3 Å². The zero-order valence-electron chi connectivity index (χ0n) is 17.9. The van der Waals surface area contributed by atoms with E-state index in [0.717, 1.165) is 11.3 Å². The van der Waals surface area contributed by atoms with Crippen LogP contribution in [-0.2, 0) is 0 Å². The second-order valence-electron chi connectivity index (χ2n) is 7.44. The molecule has 0 saturated heterocycles. The zero-order chi connectivity index (χ0) is 23.3. The molecule has 0 aliphatic rings. The van der Waals surface area contributed by atoms with Gasteiger partial charge in [0.05, 0.1) is 22.3 Å². The van der Waals surface area contributed by atoms with E-state index in [1.165, 1.54) is 0 Å². The molecule has 6 nitrogen and oxygen atoms in total. The van der Waals surface area contributed by atoms with Gasteiger partial charge in [-0.25, -0.2) is 4.79 Å². The predicted octanol–water partition coefficient (Wildman–Crippen LogP) is 6.19. The smallest absolute Gasteiger partial charge is 0.323 e. The number of hydrogen-bond donors (Lipinski definition) is 3. The molecule has 0 fully saturated rings. The molecule has 0 heterocycles. The minimum Gasteiger partial charge on any atom is -0.377 e. The van der Waals surface area contributed by atoms with Gasteiger partial charge in [0, 0.05) is 30.5 Å². The van der Waals surface area contributed by atoms with Crippen molar-refractivity contribution in [3.8, 4) is 0 Å². The van der Waals surface area contributed by atoms with Crippen molar-refractivity contribution in [3.63, 3.8) is 0 Å². The summed E-state index contributed by atoms with van der Waals surface area (Å²) in [4.78, 5) is 27.4. The van der Waals surface area contributed by atoms with Crippen LogP contribution < -0.4 is 20.9 Å². The molecule has 1 unspecified atom stereocenters. The molecule has 0 spiro atoms. The Morgan fingerprint density at radius 3 is 2.28 bits per heavy atom. The number of nitrogens with one attached hydrogen (secondary N) is 3. The lowest BCUT2D eigenvalue weighted by molar-refractivity contribution is 0.0940. The summed E-state index contributed by atoms with van der Waals surface area (Å²) in [6, 6.07) is 19.0. The number of anilines is 3. The van der Waals surface area contributed by atoms with Gasteiger partial charge in [0.2, 0.25) is 0 Å². The van der Waals surface area contributed by atoms with Crippen molar-refractivity contribution in [1.29, 1.82) is 0 Å². The first-order chi connectivity index (χ1) is 15.2. The van der Waals surface area contributed by atoms with Crippen molar-refractivity contribution in [2.24, 2.45) is 0 Å². The SMILES string of the molecule is CC(NC(=O)c1cc(NC(=O)Nc2ccc(Cl)cc2Cl)ccc1N(C)C)c1ccccc1. The molecule has 0 aliphatic carbocycles. The molecular formula is C24H24Cl2N4O2. The summed E-state index contributed by atoms with van der Waals surface area (Å²) >= 11 is 12.0. The Bertz CT molecular complexity index is 1120. The van der Waals surface area contributed by atoms with E-state index in [4.69, 9.17) is 23.2 Å². The Labute approximate surface area is 197 Å². The van der Waals surface area contributed by atoms with Crippen LogP contribution in [-0.4, -0.2) is 26.0 Å². The molecule has 166 valence electrons. The molecule has 8 heteroatoms. The van der Waals surface area contributed by atoms with E-state index >= 15 is 0 Å². The number of amides is 3. The van der Waals surface area contributed by atoms with E-state index < -0.39 is 6.03 Å². The van der Waals surface area contributed by atoms with Crippen LogP contribution in [0.25, 0.3) is 0 Å². The molecule has 0 bridgehead atoms. The molecule has 3 aromatic carbocycles. The lowest BCUT2D eigenvalue weighted by Gasteiger charge is -2.20. The molecule has 1 atom stereocenters. The van der Waals surface area contributed by atoms with Crippen molar-refractivity contribution in [1.82, 2.24) is 5.32 Å². The number of urea groups is 1. The van der Waals surface area contributed by atoms with Gasteiger partial charge >= 0.3 is 6.03 Å². The highest BCUT2D eigenvalue weighted by Crippen LogP contribution is 2.27. The number of halogens is 2. The molecule has 3 amide bonds. The highest BCUT2D eigenvalue weighted by atomic mass is 35.5. The van der Waals surface area contributed by atoms with Crippen LogP contribution >= 0.6 is 23.2 Å². The molecular weight excluding hydrogens is 447 g/mol. The molecule has 3 N–H and O–H groups in total. The van der Waals surface area contributed by atoms with E-state index in [-0.39, 0.29) is 11.9 Å². The largest absolute Gasteiger partial charge is 0.377 e. The fourth-order valence-corrected chi connectivity index (χ4v) is 3.62. The van der Waals surface area contributed by atoms with Crippen molar-refractivity contribution < 1.29 is 9.59 Å². The summed E-state index contributed by atoms with van der Waals surface area (Å²) in [5.74, 6) is -0.241. The highest BCUT2D eigenvalue weighted by molar-refractivity contribution is 6.36. The van der Waals surface area contributed by atoms with Gasteiger partial charge in [-0.15, -0.1) is 0 Å². The van der Waals surface area contributed by atoms with Crippen LogP contribution in [0, 0.1) is 0 Å². The summed E-state index contributed by atoms with van der Waals surface area (Å²) in [6.45, 7) is 1.92. The van der Waals surface area contributed by atoms with Gasteiger partial charge in [0.25, 0.3) is 5.91 Å². The van der Waals surface area contributed by atoms with Crippen LogP contribution in [0.1, 0.15) is 28.9 Å². The zero-order valence-corrected chi connectivity index (χ0v) is 19.5. The Kier molecular flexibility index (Phi) is 7.62. The van der Waals surface area contributed by atoms with Gasteiger partial charge in [-0.3, -0.25) is 4.79 Å². The molecule has 32 heavy (non-hydrogen) atoms. The van der Waals surface area contributed by atoms with Gasteiger partial charge in [0.1, 0.15) is 0 Å². The Balaban J connectivity index is 1.77. The van der Waals surface area contributed by atoms with Crippen LogP contribution in [0.2, 0.25) is 10.0 Å². The number of benzene rings is 3. The molecule has 0 radical (unpaired) electrons. The maximum atomic E-state index is 13.1. The maximum absolute atomic E-state index is 13.1. The van der Waals surface area contributed by atoms with Gasteiger partial charge in [0.15, 0.2) is 0 Å². The fourth-order valence-electron chi connectivity index (χ4n) is 3.16. The van der Waals surface area contributed by atoms with Gasteiger partial charge in [-0.1, -0.05) is 53.5 Å². The Morgan fingerprint density at radius 2 is 1.62 bits per heavy atom. The average molecular weight is 471 g/mol. The molecule has 0 saturated carbocycles. The van der Waals surface area contributed by atoms with Gasteiger partial charge in [-0.05, 0) is 48.9 Å². The lowest BCUT2D eigenvalue weighted by Crippen LogP contribution is -2.28. The van der Waals surface area contributed by atoms with E-state index in [1.54, 1.807) is 36.4 Å². The summed E-state index contributed by atoms with van der Waals surface area (Å²) in [5, 5.41) is 9.23. The molecule has 3 rings (SSSR count). The Hall–Kier alpha value is -3.22. The standard InChI is InChI=1S/C24H24Cl2N4O2/c1-15(16-7-5-4-6-8-16)27-23(31)19-14-18(10-12-22(19)30(2)3)28-24(32)29-21-11-9-17(25)13-20(21)26/h4-15H,1-3H3,(H,27,31)(H2,28,29,32). The second kappa shape index (κ2) is 10.4. The van der Waals surface area contributed by atoms with E-state index in [9.17, 15) is 9.59 Å². The number of carbonyl (C=O) groups excluding carboxylic acids is 2. The van der Waals surface area contributed by atoms with Crippen LogP contribution in [0.5, 0.6) is 0 Å². The van der Waals surface area contributed by atoms with Gasteiger partial charge in [-0.2, -0.15) is 0 Å². The summed E-state index contributed by atoms with van der Waals surface area (Å²) in [7, 11) is 3.71. The third-order valence-electron chi connectivity index (χ3n) is 4.81. The van der Waals surface area contributed by atoms with E-state index in [2.05, 4.69) is 16.0 Å². The van der Waals surface area contributed by atoms with Crippen LogP contribution in [0.15, 0.2) is 66.7 Å². The number of hydrogen-bond acceptors (Lipinski definition) is 3. The predicted molar refractivity (Wildman–Crippen MR) is 132 cm³/mol. The maximum Gasteiger partial charge on any atom is 0.323 e. The number of carbonyl (C=O) groups is 2. The minimum absolute atomic E-state index is 0.175. The third kappa shape index (κ3) is 5.93. The second-order valence-corrected chi connectivity index (χ2v) is 8.28. The van der Waals surface area contributed by atoms with Crippen molar-refractivity contribution in [2.75, 3.05) is 29.6 Å². The first-order valence-corrected chi connectivity index (χ1v) is 10.7. The minimum atomic E-state index is -0.490. The average Bonchev–Trinajstić information content (AvgIpc) is 2.76. The lowest BCUT2D eigenvalue weighted by atomic mass is 10.1. The monoisotopic (exact) mass is 470 g/mol. The first kappa shape index (κ1) is 23.4. The van der Waals surface area contributed by atoms with Crippen LogP contribution in [0.3, 0.4) is 0 Å². The van der Waals surface area contributed by atoms with Crippen molar-refractivity contribution in [2.45, 2.75) is 13.0 Å². The third-order valence-corrected chi connectivity index (χ3v) is 5.36. The van der Waals surface area contributed by atoms with Crippen molar-refractivity contribution in [3.05, 3.63) is 87.9 Å². The summed E-state index contributed by atoms with van der Waals surface area (Å²) < 4.78 is 0. The van der Waals surface area contributed by atoms with E-state index in [0.29, 0.717) is 27.0 Å². The van der Waals surface area contributed by atoms with Gasteiger partial charge < -0.3 is 20.9 Å². The Morgan fingerprint density at radius 1 is 0.906 bits per heavy atom.